The second kappa shape index (κ2) is 6.26. The molecule has 1 fully saturated rings. The highest BCUT2D eigenvalue weighted by molar-refractivity contribution is 5.67. The molecule has 2 rings (SSSR count). The number of rotatable bonds is 4. The van der Waals surface area contributed by atoms with Gasteiger partial charge in [-0.3, -0.25) is 0 Å². The molecule has 1 atom stereocenters. The first kappa shape index (κ1) is 12.7. The van der Waals surface area contributed by atoms with Gasteiger partial charge >= 0.3 is 6.09 Å². The van der Waals surface area contributed by atoms with Crippen LogP contribution < -0.4 is 15.4 Å². The van der Waals surface area contributed by atoms with Crippen LogP contribution in [0, 0.1) is 0 Å². The minimum Gasteiger partial charge on any atom is -0.497 e. The van der Waals surface area contributed by atoms with Gasteiger partial charge in [-0.05, 0) is 30.7 Å². The lowest BCUT2D eigenvalue weighted by Gasteiger charge is -2.11. The molecule has 1 heterocycles. The molecule has 0 saturated carbocycles. The number of benzene rings is 1. The second-order valence-electron chi connectivity index (χ2n) is 4.26. The van der Waals surface area contributed by atoms with E-state index >= 15 is 0 Å². The number of amides is 1. The first-order valence-electron chi connectivity index (χ1n) is 6.05. The van der Waals surface area contributed by atoms with E-state index in [1.54, 1.807) is 7.11 Å². The molecule has 98 valence electrons. The number of methoxy groups -OCH3 is 1. The predicted octanol–water partition coefficient (Wildman–Crippen LogP) is 1.28. The Morgan fingerprint density at radius 2 is 2.22 bits per heavy atom. The van der Waals surface area contributed by atoms with E-state index in [-0.39, 0.29) is 18.7 Å². The van der Waals surface area contributed by atoms with Crippen molar-refractivity contribution in [1.82, 2.24) is 10.6 Å². The summed E-state index contributed by atoms with van der Waals surface area (Å²) in [7, 11) is 1.62. The summed E-state index contributed by atoms with van der Waals surface area (Å²) in [5.41, 5.74) is 0.940. The normalized spacial score (nSPS) is 18.4. The summed E-state index contributed by atoms with van der Waals surface area (Å²) in [6.45, 7) is 2.04. The maximum atomic E-state index is 11.5. The van der Waals surface area contributed by atoms with Gasteiger partial charge in [-0.2, -0.15) is 0 Å². The zero-order valence-corrected chi connectivity index (χ0v) is 10.4. The number of carbonyl (C=O) groups is 1. The zero-order chi connectivity index (χ0) is 12.8. The molecule has 1 saturated heterocycles. The van der Waals surface area contributed by atoms with E-state index in [1.165, 1.54) is 0 Å². The molecule has 0 aromatic heterocycles. The molecule has 1 aliphatic heterocycles. The van der Waals surface area contributed by atoms with E-state index in [0.29, 0.717) is 0 Å². The third-order valence-electron chi connectivity index (χ3n) is 2.91. The third-order valence-corrected chi connectivity index (χ3v) is 2.91. The van der Waals surface area contributed by atoms with Crippen molar-refractivity contribution in [2.24, 2.45) is 0 Å². The molecule has 0 spiro atoms. The Balaban J connectivity index is 1.74. The first-order chi connectivity index (χ1) is 8.78. The summed E-state index contributed by atoms with van der Waals surface area (Å²) in [6.07, 6.45) is 0.594. The quantitative estimate of drug-likeness (QED) is 0.845. The van der Waals surface area contributed by atoms with Crippen LogP contribution in [0.3, 0.4) is 0 Å². The minimum absolute atomic E-state index is 0.188. The van der Waals surface area contributed by atoms with Crippen molar-refractivity contribution in [2.45, 2.75) is 19.1 Å². The fraction of sp³-hybridized carbons (Fsp3) is 0.462. The Hall–Kier alpha value is -1.75. The van der Waals surface area contributed by atoms with Crippen molar-refractivity contribution < 1.29 is 14.3 Å². The first-order valence-corrected chi connectivity index (χ1v) is 6.05. The minimum atomic E-state index is -0.362. The maximum Gasteiger partial charge on any atom is 0.407 e. The van der Waals surface area contributed by atoms with Crippen LogP contribution in [0.4, 0.5) is 4.79 Å². The third kappa shape index (κ3) is 3.63. The predicted molar refractivity (Wildman–Crippen MR) is 67.6 cm³/mol. The van der Waals surface area contributed by atoms with E-state index in [0.717, 1.165) is 30.8 Å². The lowest BCUT2D eigenvalue weighted by molar-refractivity contribution is 0.136. The molecule has 1 aromatic carbocycles. The number of carbonyl (C=O) groups excluding carboxylic acids is 1. The van der Waals surface area contributed by atoms with Crippen LogP contribution in [-0.2, 0) is 11.3 Å². The molecule has 2 N–H and O–H groups in total. The van der Waals surface area contributed by atoms with Crippen LogP contribution in [0.25, 0.3) is 0 Å². The van der Waals surface area contributed by atoms with Crippen LogP contribution in [0.2, 0.25) is 0 Å². The van der Waals surface area contributed by atoms with E-state index in [1.807, 2.05) is 24.3 Å². The van der Waals surface area contributed by atoms with Crippen LogP contribution in [0.15, 0.2) is 24.3 Å². The van der Waals surface area contributed by atoms with E-state index in [9.17, 15) is 4.79 Å². The van der Waals surface area contributed by atoms with Gasteiger partial charge in [0.15, 0.2) is 0 Å². The number of alkyl carbamates (subject to hydrolysis) is 1. The van der Waals surface area contributed by atoms with Crippen LogP contribution in [0.5, 0.6) is 5.75 Å². The van der Waals surface area contributed by atoms with Crippen molar-refractivity contribution in [2.75, 3.05) is 20.2 Å². The molecule has 18 heavy (non-hydrogen) atoms. The van der Waals surface area contributed by atoms with Crippen molar-refractivity contribution in [3.8, 4) is 5.75 Å². The molecule has 1 amide bonds. The molecule has 0 aliphatic carbocycles. The highest BCUT2D eigenvalue weighted by atomic mass is 16.5. The summed E-state index contributed by atoms with van der Waals surface area (Å²) in [6, 6.07) is 7.63. The Labute approximate surface area is 106 Å². The lowest BCUT2D eigenvalue weighted by atomic mass is 10.2. The van der Waals surface area contributed by atoms with Gasteiger partial charge < -0.3 is 20.1 Å². The molecule has 1 unspecified atom stereocenters. The van der Waals surface area contributed by atoms with Gasteiger partial charge in [0.1, 0.15) is 12.4 Å². The van der Waals surface area contributed by atoms with Gasteiger partial charge in [0.2, 0.25) is 0 Å². The van der Waals surface area contributed by atoms with Gasteiger partial charge in [-0.25, -0.2) is 4.79 Å². The Morgan fingerprint density at radius 1 is 1.44 bits per heavy atom. The van der Waals surface area contributed by atoms with E-state index < -0.39 is 0 Å². The standard InChI is InChI=1S/C13H18N2O3/c1-17-12-4-2-10(3-5-12)9-18-13(16)15-11-6-7-14-8-11/h2-5,11,14H,6-9H2,1H3,(H,15,16). The molecule has 5 nitrogen and oxygen atoms in total. The highest BCUT2D eigenvalue weighted by Crippen LogP contribution is 2.12. The van der Waals surface area contributed by atoms with Crippen molar-refractivity contribution in [3.05, 3.63) is 29.8 Å². The molecule has 0 bridgehead atoms. The van der Waals surface area contributed by atoms with Crippen molar-refractivity contribution in [3.63, 3.8) is 0 Å². The molecular weight excluding hydrogens is 232 g/mol. The second-order valence-corrected chi connectivity index (χ2v) is 4.26. The number of ether oxygens (including phenoxy) is 2. The van der Waals surface area contributed by atoms with Crippen LogP contribution >= 0.6 is 0 Å². The van der Waals surface area contributed by atoms with E-state index in [2.05, 4.69) is 10.6 Å². The molecule has 5 heteroatoms. The number of hydrogen-bond donors (Lipinski definition) is 2. The Kier molecular flexibility index (Phi) is 4.41. The maximum absolute atomic E-state index is 11.5. The average Bonchev–Trinajstić information content (AvgIpc) is 2.90. The largest absolute Gasteiger partial charge is 0.497 e. The van der Waals surface area contributed by atoms with E-state index in [4.69, 9.17) is 9.47 Å². The molecule has 0 radical (unpaired) electrons. The Morgan fingerprint density at radius 3 is 2.83 bits per heavy atom. The van der Waals surface area contributed by atoms with Gasteiger partial charge in [-0.15, -0.1) is 0 Å². The monoisotopic (exact) mass is 250 g/mol. The molecule has 1 aliphatic rings. The lowest BCUT2D eigenvalue weighted by Crippen LogP contribution is -2.36. The van der Waals surface area contributed by atoms with Gasteiger partial charge in [0, 0.05) is 12.6 Å². The average molecular weight is 250 g/mol. The number of nitrogens with one attached hydrogen (secondary N) is 2. The van der Waals surface area contributed by atoms with Crippen molar-refractivity contribution in [1.29, 1.82) is 0 Å². The summed E-state index contributed by atoms with van der Waals surface area (Å²) >= 11 is 0. The van der Waals surface area contributed by atoms with Crippen LogP contribution in [0.1, 0.15) is 12.0 Å². The highest BCUT2D eigenvalue weighted by Gasteiger charge is 2.17. The summed E-state index contributed by atoms with van der Waals surface area (Å²) < 4.78 is 10.2. The van der Waals surface area contributed by atoms with Crippen LogP contribution in [-0.4, -0.2) is 32.3 Å². The fourth-order valence-corrected chi connectivity index (χ4v) is 1.86. The summed E-state index contributed by atoms with van der Waals surface area (Å²) in [5, 5.41) is 6.00. The molecular formula is C13H18N2O3. The summed E-state index contributed by atoms with van der Waals surface area (Å²) in [5.74, 6) is 0.792. The van der Waals surface area contributed by atoms with Gasteiger partial charge in [-0.1, -0.05) is 12.1 Å². The smallest absolute Gasteiger partial charge is 0.407 e. The van der Waals surface area contributed by atoms with Crippen molar-refractivity contribution >= 4 is 6.09 Å². The zero-order valence-electron chi connectivity index (χ0n) is 10.4. The fourth-order valence-electron chi connectivity index (χ4n) is 1.86. The Bertz CT molecular complexity index is 386. The number of hydrogen-bond acceptors (Lipinski definition) is 4. The molecule has 1 aromatic rings. The SMILES string of the molecule is COc1ccc(COC(=O)NC2CCNC2)cc1. The van der Waals surface area contributed by atoms with Gasteiger partial charge in [0.25, 0.3) is 0 Å². The summed E-state index contributed by atoms with van der Waals surface area (Å²) in [4.78, 5) is 11.5. The topological polar surface area (TPSA) is 59.6 Å². The van der Waals surface area contributed by atoms with Gasteiger partial charge in [0.05, 0.1) is 7.11 Å².